The van der Waals surface area contributed by atoms with Gasteiger partial charge in [0.05, 0.1) is 0 Å². The lowest BCUT2D eigenvalue weighted by molar-refractivity contribution is 0.0712. The average molecular weight is 367 g/mol. The first kappa shape index (κ1) is 19.8. The second-order valence-corrected chi connectivity index (χ2v) is 12.7. The van der Waals surface area contributed by atoms with E-state index in [0.717, 1.165) is 18.2 Å². The minimum atomic E-state index is -2.41. The second kappa shape index (κ2) is 13.8. The predicted octanol–water partition coefficient (Wildman–Crippen LogP) is 4.95. The van der Waals surface area contributed by atoms with Gasteiger partial charge in [0.2, 0.25) is 0 Å². The van der Waals surface area contributed by atoms with Crippen molar-refractivity contribution in [2.45, 2.75) is 33.2 Å². The molecule has 0 radical (unpaired) electrons. The van der Waals surface area contributed by atoms with Crippen molar-refractivity contribution in [1.82, 2.24) is 0 Å². The molecule has 0 saturated carbocycles. The molecule has 0 aromatic rings. The van der Waals surface area contributed by atoms with Gasteiger partial charge in [-0.2, -0.15) is 0 Å². The highest BCUT2D eigenvalue weighted by Gasteiger charge is 2.39. The quantitative estimate of drug-likeness (QED) is 0.213. The van der Waals surface area contributed by atoms with Gasteiger partial charge in [0.25, 0.3) is 0 Å². The standard InChI is InChI=1S/C9H22O3S5Si/c1-4-10-18(11-5-2,12-6-3)9-7-8-14-16-17-15-13/h13H,4-9H2,1-3H3. The molecule has 0 heterocycles. The summed E-state index contributed by atoms with van der Waals surface area (Å²) in [4.78, 5) is 0. The Balaban J connectivity index is 3.97. The Morgan fingerprint density at radius 3 is 1.94 bits per heavy atom. The van der Waals surface area contributed by atoms with Gasteiger partial charge in [-0.05, 0) is 56.7 Å². The predicted molar refractivity (Wildman–Crippen MR) is 94.3 cm³/mol. The summed E-state index contributed by atoms with van der Waals surface area (Å²) < 4.78 is 17.4. The highest BCUT2D eigenvalue weighted by atomic mass is 33.8. The van der Waals surface area contributed by atoms with Gasteiger partial charge in [0.1, 0.15) is 0 Å². The van der Waals surface area contributed by atoms with Gasteiger partial charge in [-0.3, -0.25) is 0 Å². The molecule has 0 N–H and O–H groups in total. The molecule has 0 atom stereocenters. The van der Waals surface area contributed by atoms with E-state index in [0.29, 0.717) is 19.8 Å². The summed E-state index contributed by atoms with van der Waals surface area (Å²) in [5.41, 5.74) is 0. The summed E-state index contributed by atoms with van der Waals surface area (Å²) in [6.45, 7) is 7.93. The first-order valence-electron chi connectivity index (χ1n) is 5.92. The largest absolute Gasteiger partial charge is 0.500 e. The molecule has 18 heavy (non-hydrogen) atoms. The first-order valence-corrected chi connectivity index (χ1v) is 13.9. The third-order valence-electron chi connectivity index (χ3n) is 1.91. The van der Waals surface area contributed by atoms with Crippen LogP contribution in [-0.4, -0.2) is 34.4 Å². The molecular weight excluding hydrogens is 345 g/mol. The smallest absolute Gasteiger partial charge is 0.374 e. The molecule has 0 aromatic heterocycles. The van der Waals surface area contributed by atoms with Crippen LogP contribution in [0.25, 0.3) is 0 Å². The highest BCUT2D eigenvalue weighted by molar-refractivity contribution is 9.34. The van der Waals surface area contributed by atoms with Crippen molar-refractivity contribution >= 4 is 60.7 Å². The summed E-state index contributed by atoms with van der Waals surface area (Å²) in [6, 6.07) is 0.898. The first-order chi connectivity index (χ1) is 8.74. The second-order valence-electron chi connectivity index (χ2n) is 3.12. The lowest BCUT2D eigenvalue weighted by atomic mass is 10.6. The molecule has 0 bridgehead atoms. The summed E-state index contributed by atoms with van der Waals surface area (Å²) in [5.74, 6) is 1.08. The Labute approximate surface area is 132 Å². The monoisotopic (exact) mass is 366 g/mol. The Bertz CT molecular complexity index is 173. The fourth-order valence-electron chi connectivity index (χ4n) is 1.41. The number of thiol groups is 1. The molecule has 0 unspecified atom stereocenters. The zero-order chi connectivity index (χ0) is 13.7. The molecule has 0 saturated heterocycles. The van der Waals surface area contributed by atoms with E-state index in [1.54, 1.807) is 19.7 Å². The van der Waals surface area contributed by atoms with Crippen molar-refractivity contribution in [2.75, 3.05) is 25.6 Å². The summed E-state index contributed by atoms with van der Waals surface area (Å²) in [6.07, 6.45) is 1.06. The number of hydrogen-bond donors (Lipinski definition) is 1. The molecule has 110 valence electrons. The number of rotatable bonds is 13. The average Bonchev–Trinajstić information content (AvgIpc) is 2.35. The molecular formula is C9H22O3S5Si. The van der Waals surface area contributed by atoms with Crippen LogP contribution in [0, 0.1) is 0 Å². The topological polar surface area (TPSA) is 27.7 Å². The van der Waals surface area contributed by atoms with Crippen LogP contribution in [0.3, 0.4) is 0 Å². The maximum absolute atomic E-state index is 5.79. The van der Waals surface area contributed by atoms with Gasteiger partial charge < -0.3 is 13.3 Å². The molecule has 9 heteroatoms. The fourth-order valence-corrected chi connectivity index (χ4v) is 10.4. The molecule has 0 aliphatic rings. The lowest BCUT2D eigenvalue weighted by Gasteiger charge is -2.28. The van der Waals surface area contributed by atoms with E-state index in [1.165, 1.54) is 9.83 Å². The van der Waals surface area contributed by atoms with E-state index in [2.05, 4.69) is 11.7 Å². The van der Waals surface area contributed by atoms with E-state index in [1.807, 2.05) is 31.6 Å². The van der Waals surface area contributed by atoms with Crippen LogP contribution in [0.4, 0.5) is 0 Å². The van der Waals surface area contributed by atoms with Crippen molar-refractivity contribution in [3.05, 3.63) is 0 Å². The normalized spacial score (nSPS) is 12.0. The van der Waals surface area contributed by atoms with Gasteiger partial charge in [-0.25, -0.2) is 0 Å². The van der Waals surface area contributed by atoms with Crippen molar-refractivity contribution in [2.24, 2.45) is 0 Å². The molecule has 0 fully saturated rings. The minimum Gasteiger partial charge on any atom is -0.374 e. The van der Waals surface area contributed by atoms with Crippen LogP contribution in [-0.2, 0) is 13.3 Å². The van der Waals surface area contributed by atoms with Crippen LogP contribution in [0.5, 0.6) is 0 Å². The lowest BCUT2D eigenvalue weighted by Crippen LogP contribution is -2.46. The fraction of sp³-hybridized carbons (Fsp3) is 1.00. The molecule has 0 aliphatic carbocycles. The van der Waals surface area contributed by atoms with E-state index >= 15 is 0 Å². The third-order valence-corrected chi connectivity index (χ3v) is 11.9. The van der Waals surface area contributed by atoms with Gasteiger partial charge in [0.15, 0.2) is 0 Å². The zero-order valence-electron chi connectivity index (χ0n) is 11.0. The van der Waals surface area contributed by atoms with E-state index < -0.39 is 8.80 Å². The summed E-state index contributed by atoms with van der Waals surface area (Å²) >= 11 is 4.07. The van der Waals surface area contributed by atoms with E-state index in [4.69, 9.17) is 13.3 Å². The van der Waals surface area contributed by atoms with E-state index in [9.17, 15) is 0 Å². The number of hydrogen-bond acceptors (Lipinski definition) is 8. The Morgan fingerprint density at radius 1 is 0.944 bits per heavy atom. The summed E-state index contributed by atoms with van der Waals surface area (Å²) in [5, 5.41) is 0. The van der Waals surface area contributed by atoms with Gasteiger partial charge >= 0.3 is 8.80 Å². The van der Waals surface area contributed by atoms with Crippen LogP contribution in [0.15, 0.2) is 0 Å². The highest BCUT2D eigenvalue weighted by Crippen LogP contribution is 2.44. The van der Waals surface area contributed by atoms with Crippen molar-refractivity contribution in [3.63, 3.8) is 0 Å². The van der Waals surface area contributed by atoms with Crippen LogP contribution >= 0.6 is 51.9 Å². The maximum atomic E-state index is 5.79. The third kappa shape index (κ3) is 9.70. The summed E-state index contributed by atoms with van der Waals surface area (Å²) in [7, 11) is 4.33. The molecule has 0 spiro atoms. The van der Waals surface area contributed by atoms with E-state index in [-0.39, 0.29) is 0 Å². The van der Waals surface area contributed by atoms with Crippen molar-refractivity contribution in [3.8, 4) is 0 Å². The molecule has 3 nitrogen and oxygen atoms in total. The maximum Gasteiger partial charge on any atom is 0.500 e. The van der Waals surface area contributed by atoms with Crippen molar-refractivity contribution < 1.29 is 13.3 Å². The zero-order valence-corrected chi connectivity index (χ0v) is 16.2. The Hall–Kier alpha value is 1.85. The Kier molecular flexibility index (Phi) is 15.2. The van der Waals surface area contributed by atoms with Crippen LogP contribution < -0.4 is 0 Å². The molecule has 0 aromatic carbocycles. The van der Waals surface area contributed by atoms with Gasteiger partial charge in [-0.1, -0.05) is 22.5 Å². The Morgan fingerprint density at radius 2 is 1.50 bits per heavy atom. The van der Waals surface area contributed by atoms with Gasteiger partial charge in [0, 0.05) is 31.6 Å². The van der Waals surface area contributed by atoms with Crippen molar-refractivity contribution in [1.29, 1.82) is 0 Å². The SMILES string of the molecule is CCO[Si](CCCSSSSS)(OCC)OCC. The van der Waals surface area contributed by atoms with Gasteiger partial charge in [-0.15, -0.1) is 0 Å². The molecule has 0 aliphatic heterocycles. The minimum absolute atomic E-state index is 0.653. The molecule has 0 amide bonds. The van der Waals surface area contributed by atoms with Crippen LogP contribution in [0.2, 0.25) is 6.04 Å². The molecule has 0 rings (SSSR count). The van der Waals surface area contributed by atoms with Crippen LogP contribution in [0.1, 0.15) is 27.2 Å².